The van der Waals surface area contributed by atoms with E-state index in [9.17, 15) is 39.6 Å². The van der Waals surface area contributed by atoms with Crippen LogP contribution < -0.4 is 0 Å². The average molecular weight is 862 g/mol. The molecule has 18 atom stereocenters. The molecule has 0 aromatic rings. The highest BCUT2D eigenvalue weighted by atomic mass is 16.7. The topological polar surface area (TPSA) is 226 Å². The zero-order valence-corrected chi connectivity index (χ0v) is 38.2. The van der Waals surface area contributed by atoms with Crippen LogP contribution >= 0.6 is 0 Å². The molecule has 17 nitrogen and oxygen atoms in total. The predicted octanol–water partition coefficient (Wildman–Crippen LogP) is 2.68. The molecule has 3 aliphatic rings. The second kappa shape index (κ2) is 21.4. The molecule has 0 radical (unpaired) electrons. The van der Waals surface area contributed by atoms with Crippen molar-refractivity contribution in [3.63, 3.8) is 0 Å². The van der Waals surface area contributed by atoms with Crippen molar-refractivity contribution in [1.82, 2.24) is 4.90 Å². The molecule has 0 aliphatic carbocycles. The fourth-order valence-corrected chi connectivity index (χ4v) is 9.17. The lowest BCUT2D eigenvalue weighted by Crippen LogP contribution is -2.61. The first kappa shape index (κ1) is 52.0. The Labute approximate surface area is 356 Å². The number of aliphatic hydroxyl groups is 4. The molecule has 3 fully saturated rings. The molecular weight excluding hydrogens is 786 g/mol. The highest BCUT2D eigenvalue weighted by Gasteiger charge is 2.54. The summed E-state index contributed by atoms with van der Waals surface area (Å²) in [5.74, 6) is -6.64. The van der Waals surface area contributed by atoms with Crippen LogP contribution in [0.25, 0.3) is 0 Å². The first-order valence-corrected chi connectivity index (χ1v) is 21.5. The minimum Gasteiger partial charge on any atom is -0.466 e. The van der Waals surface area contributed by atoms with Gasteiger partial charge in [0.15, 0.2) is 18.7 Å². The Morgan fingerprint density at radius 3 is 2.03 bits per heavy atom. The lowest BCUT2D eigenvalue weighted by atomic mass is 9.74. The Morgan fingerprint density at radius 2 is 1.47 bits per heavy atom. The van der Waals surface area contributed by atoms with Crippen molar-refractivity contribution in [2.75, 3.05) is 27.8 Å². The van der Waals surface area contributed by atoms with Gasteiger partial charge in [0, 0.05) is 31.3 Å². The lowest BCUT2D eigenvalue weighted by molar-refractivity contribution is -0.319. The molecule has 0 spiro atoms. The summed E-state index contributed by atoms with van der Waals surface area (Å²) >= 11 is 0. The molecule has 0 amide bonds. The van der Waals surface area contributed by atoms with Gasteiger partial charge in [-0.3, -0.25) is 19.2 Å². The van der Waals surface area contributed by atoms with E-state index in [2.05, 4.69) is 0 Å². The standard InChI is InChI=1S/C43H75NO16/c1-15-29-43(11,52)36(48)24(5)33(47)22(3)20-41(9,51)38(25(6)34(26(7)39(50)57-29)59-32-21-42(10,53-14)37(49)27(8)56-32)60-40-35(28(44(12)13)19-23(4)55-40)58-31(46)18-17-30(45)54-16-2/h22-29,32,34-38,40,48-49,51-52H,15-21H2,1-14H3/t22-,23+,24+,25+,26-,27-,28-,29-,32-,34+,35+,36-,37-,38-,40-,41-,42+,43-/m0/s1. The number of Topliss-reactive ketones (excluding diaryl/α,β-unsaturated/α-hetero) is 1. The fourth-order valence-electron chi connectivity index (χ4n) is 9.17. The van der Waals surface area contributed by atoms with Gasteiger partial charge < -0.3 is 63.2 Å². The summed E-state index contributed by atoms with van der Waals surface area (Å²) in [6.45, 7) is 17.9. The predicted molar refractivity (Wildman–Crippen MR) is 216 cm³/mol. The van der Waals surface area contributed by atoms with Crippen LogP contribution in [0.5, 0.6) is 0 Å². The van der Waals surface area contributed by atoms with Crippen LogP contribution in [0.2, 0.25) is 0 Å². The van der Waals surface area contributed by atoms with E-state index in [1.54, 1.807) is 48.5 Å². The second-order valence-corrected chi connectivity index (χ2v) is 18.2. The summed E-state index contributed by atoms with van der Waals surface area (Å²) in [6, 6.07) is -0.443. The Kier molecular flexibility index (Phi) is 18.5. The first-order valence-electron chi connectivity index (χ1n) is 21.5. The van der Waals surface area contributed by atoms with Gasteiger partial charge in [-0.05, 0) is 81.8 Å². The van der Waals surface area contributed by atoms with E-state index in [4.69, 9.17) is 37.9 Å². The molecule has 3 saturated heterocycles. The van der Waals surface area contributed by atoms with E-state index >= 15 is 0 Å². The number of hydrogen-bond acceptors (Lipinski definition) is 17. The summed E-state index contributed by atoms with van der Waals surface area (Å²) in [6.07, 6.45) is -11.1. The van der Waals surface area contributed by atoms with Crippen LogP contribution in [-0.2, 0) is 57.1 Å². The van der Waals surface area contributed by atoms with Gasteiger partial charge in [0.25, 0.3) is 0 Å². The minimum atomic E-state index is -2.04. The van der Waals surface area contributed by atoms with E-state index < -0.39 is 132 Å². The Hall–Kier alpha value is -2.32. The quantitative estimate of drug-likeness (QED) is 0.163. The molecule has 0 aromatic carbocycles. The van der Waals surface area contributed by atoms with Gasteiger partial charge in [-0.1, -0.05) is 27.7 Å². The van der Waals surface area contributed by atoms with Gasteiger partial charge in [0.05, 0.1) is 73.1 Å². The Morgan fingerprint density at radius 1 is 0.850 bits per heavy atom. The first-order chi connectivity index (χ1) is 27.8. The third kappa shape index (κ3) is 12.2. The number of aliphatic hydroxyl groups excluding tert-OH is 2. The van der Waals surface area contributed by atoms with Crippen molar-refractivity contribution >= 4 is 23.7 Å². The zero-order chi connectivity index (χ0) is 45.7. The molecule has 3 heterocycles. The number of rotatable bonds is 12. The van der Waals surface area contributed by atoms with Crippen molar-refractivity contribution in [2.45, 2.75) is 199 Å². The minimum absolute atomic E-state index is 0.0431. The molecule has 0 unspecified atom stereocenters. The smallest absolute Gasteiger partial charge is 0.311 e. The average Bonchev–Trinajstić information content (AvgIpc) is 3.17. The molecule has 4 N–H and O–H groups in total. The maximum Gasteiger partial charge on any atom is 0.311 e. The monoisotopic (exact) mass is 862 g/mol. The van der Waals surface area contributed by atoms with Crippen molar-refractivity contribution in [3.8, 4) is 0 Å². The third-order valence-electron chi connectivity index (χ3n) is 12.9. The van der Waals surface area contributed by atoms with Crippen LogP contribution in [0, 0.1) is 23.7 Å². The molecule has 60 heavy (non-hydrogen) atoms. The second-order valence-electron chi connectivity index (χ2n) is 18.2. The summed E-state index contributed by atoms with van der Waals surface area (Å²) in [5.41, 5.74) is -5.06. The molecule has 0 saturated carbocycles. The van der Waals surface area contributed by atoms with E-state index in [0.29, 0.717) is 6.42 Å². The van der Waals surface area contributed by atoms with Crippen molar-refractivity contribution in [3.05, 3.63) is 0 Å². The van der Waals surface area contributed by atoms with Gasteiger partial charge in [-0.2, -0.15) is 0 Å². The van der Waals surface area contributed by atoms with Gasteiger partial charge in [0.2, 0.25) is 0 Å². The number of hydrogen-bond donors (Lipinski definition) is 4. The number of cyclic esters (lactones) is 1. The molecule has 0 aromatic heterocycles. The van der Waals surface area contributed by atoms with Crippen molar-refractivity contribution in [2.24, 2.45) is 23.7 Å². The summed E-state index contributed by atoms with van der Waals surface area (Å²) in [5, 5.41) is 46.8. The largest absolute Gasteiger partial charge is 0.466 e. The molecule has 17 heteroatoms. The van der Waals surface area contributed by atoms with Gasteiger partial charge >= 0.3 is 17.9 Å². The Bertz CT molecular complexity index is 1440. The number of nitrogens with zero attached hydrogens (tertiary/aromatic N) is 1. The summed E-state index contributed by atoms with van der Waals surface area (Å²) in [7, 11) is 5.09. The van der Waals surface area contributed by atoms with Crippen molar-refractivity contribution in [1.29, 1.82) is 0 Å². The van der Waals surface area contributed by atoms with E-state index in [1.165, 1.54) is 27.9 Å². The number of methoxy groups -OCH3 is 1. The van der Waals surface area contributed by atoms with Crippen LogP contribution in [-0.4, -0.2) is 161 Å². The number of esters is 3. The van der Waals surface area contributed by atoms with Crippen LogP contribution in [0.4, 0.5) is 0 Å². The van der Waals surface area contributed by atoms with Gasteiger partial charge in [0.1, 0.15) is 23.6 Å². The lowest BCUT2D eigenvalue weighted by Gasteiger charge is -2.49. The number of ether oxygens (including phenoxy) is 8. The maximum absolute atomic E-state index is 14.3. The molecule has 3 aliphatic heterocycles. The molecule has 0 bridgehead atoms. The van der Waals surface area contributed by atoms with Gasteiger partial charge in [-0.15, -0.1) is 0 Å². The van der Waals surface area contributed by atoms with E-state index in [-0.39, 0.29) is 38.7 Å². The van der Waals surface area contributed by atoms with Crippen LogP contribution in [0.1, 0.15) is 115 Å². The number of likely N-dealkylation sites (N-methyl/N-ethyl adjacent to an activating group) is 1. The highest BCUT2D eigenvalue weighted by Crippen LogP contribution is 2.41. The summed E-state index contributed by atoms with van der Waals surface area (Å²) in [4.78, 5) is 55.6. The molecule has 348 valence electrons. The van der Waals surface area contributed by atoms with Crippen molar-refractivity contribution < 1.29 is 77.5 Å². The Balaban J connectivity index is 2.22. The maximum atomic E-state index is 14.3. The highest BCUT2D eigenvalue weighted by molar-refractivity contribution is 5.83. The number of carbonyl (C=O) groups excluding carboxylic acids is 4. The van der Waals surface area contributed by atoms with Gasteiger partial charge in [-0.25, -0.2) is 0 Å². The van der Waals surface area contributed by atoms with Crippen LogP contribution in [0.3, 0.4) is 0 Å². The van der Waals surface area contributed by atoms with E-state index in [0.717, 1.165) is 0 Å². The van der Waals surface area contributed by atoms with Crippen LogP contribution in [0.15, 0.2) is 0 Å². The number of carbonyl (C=O) groups is 4. The molecular formula is C43H75NO16. The fraction of sp³-hybridized carbons (Fsp3) is 0.907. The number of ketones is 1. The third-order valence-corrected chi connectivity index (χ3v) is 12.9. The zero-order valence-electron chi connectivity index (χ0n) is 38.2. The van der Waals surface area contributed by atoms with E-state index in [1.807, 2.05) is 25.9 Å². The SMILES string of the molecule is CCOC(=O)CCC(=O)O[C@H]1[C@H](O[C@H]2[C@H](C)[C@@H](O[C@H]3C[C@@](C)(OC)[C@@H](O)[C@H](C)O3)[C@H](C)C(=O)O[C@@H](CC)[C@](C)(O)[C@@H](O)[C@H](C)C(=O)[C@@H](C)C[C@]2(C)O)O[C@H](C)C[C@@H]1N(C)C. The summed E-state index contributed by atoms with van der Waals surface area (Å²) < 4.78 is 48.8. The normalized spacial score (nSPS) is 43.8. The molecule has 3 rings (SSSR count).